The zero-order valence-corrected chi connectivity index (χ0v) is 13.0. The van der Waals surface area contributed by atoms with Gasteiger partial charge in [-0.15, -0.1) is 0 Å². The first-order valence-corrected chi connectivity index (χ1v) is 9.16. The predicted octanol–water partition coefficient (Wildman–Crippen LogP) is 1.25. The second-order valence-electron chi connectivity index (χ2n) is 5.83. The van der Waals surface area contributed by atoms with Crippen molar-refractivity contribution in [1.29, 1.82) is 0 Å². The molecule has 3 rings (SSSR count). The van der Waals surface area contributed by atoms with Crippen LogP contribution in [0.25, 0.3) is 0 Å². The van der Waals surface area contributed by atoms with Crippen molar-refractivity contribution < 1.29 is 13.2 Å². The van der Waals surface area contributed by atoms with Crippen LogP contribution in [-0.4, -0.2) is 44.5 Å². The lowest BCUT2D eigenvalue weighted by atomic mass is 9.98. The molecule has 1 aromatic rings. The molecule has 6 heteroatoms. The Labute approximate surface area is 125 Å². The van der Waals surface area contributed by atoms with E-state index in [-0.39, 0.29) is 11.8 Å². The molecule has 1 amide bonds. The molecule has 1 fully saturated rings. The number of para-hydroxylation sites is 1. The molecule has 1 saturated heterocycles. The van der Waals surface area contributed by atoms with Crippen LogP contribution in [0.2, 0.25) is 0 Å². The Morgan fingerprint density at radius 1 is 1.24 bits per heavy atom. The van der Waals surface area contributed by atoms with Crippen LogP contribution in [0, 0.1) is 5.92 Å². The summed E-state index contributed by atoms with van der Waals surface area (Å²) in [5, 5.41) is 0. The van der Waals surface area contributed by atoms with E-state index in [1.54, 1.807) is 0 Å². The molecule has 5 nitrogen and oxygen atoms in total. The van der Waals surface area contributed by atoms with Crippen molar-refractivity contribution in [2.75, 3.05) is 30.8 Å². The predicted molar refractivity (Wildman–Crippen MR) is 81.6 cm³/mol. The van der Waals surface area contributed by atoms with E-state index < -0.39 is 10.0 Å². The minimum atomic E-state index is -3.21. The summed E-state index contributed by atoms with van der Waals surface area (Å²) in [4.78, 5) is 14.6. The molecule has 2 aliphatic rings. The smallest absolute Gasteiger partial charge is 0.231 e. The summed E-state index contributed by atoms with van der Waals surface area (Å²) in [6.45, 7) is 1.54. The molecule has 0 aliphatic carbocycles. The molecule has 0 saturated carbocycles. The van der Waals surface area contributed by atoms with Gasteiger partial charge in [-0.3, -0.25) is 4.79 Å². The van der Waals surface area contributed by atoms with Crippen molar-refractivity contribution in [2.45, 2.75) is 19.3 Å². The fourth-order valence-electron chi connectivity index (χ4n) is 3.23. The number of carbonyl (C=O) groups is 1. The third-order valence-corrected chi connectivity index (χ3v) is 5.63. The van der Waals surface area contributed by atoms with Gasteiger partial charge in [0.1, 0.15) is 0 Å². The first-order valence-electron chi connectivity index (χ1n) is 7.31. The Morgan fingerprint density at radius 3 is 2.76 bits per heavy atom. The number of nitrogens with zero attached hydrogens (tertiary/aromatic N) is 2. The van der Waals surface area contributed by atoms with Gasteiger partial charge in [-0.1, -0.05) is 18.2 Å². The highest BCUT2D eigenvalue weighted by molar-refractivity contribution is 7.88. The van der Waals surface area contributed by atoms with Crippen molar-refractivity contribution in [3.63, 3.8) is 0 Å². The Kier molecular flexibility index (Phi) is 3.75. The number of amides is 1. The van der Waals surface area contributed by atoms with Crippen molar-refractivity contribution in [3.8, 4) is 0 Å². The minimum Gasteiger partial charge on any atom is -0.312 e. The monoisotopic (exact) mass is 308 g/mol. The summed E-state index contributed by atoms with van der Waals surface area (Å²) >= 11 is 0. The SMILES string of the molecule is CS(=O)(=O)N1CCCC(C(=O)N2CCc3ccccc32)C1. The maximum Gasteiger partial charge on any atom is 0.231 e. The van der Waals surface area contributed by atoms with E-state index in [0.29, 0.717) is 19.6 Å². The van der Waals surface area contributed by atoms with Crippen LogP contribution in [0.3, 0.4) is 0 Å². The highest BCUT2D eigenvalue weighted by Crippen LogP contribution is 2.30. The van der Waals surface area contributed by atoms with Gasteiger partial charge in [0.25, 0.3) is 0 Å². The van der Waals surface area contributed by atoms with Gasteiger partial charge < -0.3 is 4.90 Å². The third-order valence-electron chi connectivity index (χ3n) is 4.36. The van der Waals surface area contributed by atoms with E-state index in [9.17, 15) is 13.2 Å². The highest BCUT2D eigenvalue weighted by atomic mass is 32.2. The van der Waals surface area contributed by atoms with Gasteiger partial charge >= 0.3 is 0 Å². The van der Waals surface area contributed by atoms with E-state index >= 15 is 0 Å². The van der Waals surface area contributed by atoms with Gasteiger partial charge in [0, 0.05) is 25.3 Å². The molecule has 0 radical (unpaired) electrons. The lowest BCUT2D eigenvalue weighted by Crippen LogP contribution is -2.46. The van der Waals surface area contributed by atoms with Crippen molar-refractivity contribution in [1.82, 2.24) is 4.31 Å². The number of anilines is 1. The van der Waals surface area contributed by atoms with Gasteiger partial charge in [-0.05, 0) is 30.9 Å². The van der Waals surface area contributed by atoms with Crippen LogP contribution in [0.4, 0.5) is 5.69 Å². The summed E-state index contributed by atoms with van der Waals surface area (Å²) in [6.07, 6.45) is 3.61. The number of sulfonamides is 1. The quantitative estimate of drug-likeness (QED) is 0.826. The third kappa shape index (κ3) is 2.82. The van der Waals surface area contributed by atoms with Gasteiger partial charge in [0.15, 0.2) is 0 Å². The second kappa shape index (κ2) is 5.42. The normalized spacial score (nSPS) is 23.1. The minimum absolute atomic E-state index is 0.0632. The summed E-state index contributed by atoms with van der Waals surface area (Å²) in [6, 6.07) is 7.94. The van der Waals surface area contributed by atoms with Gasteiger partial charge in [-0.2, -0.15) is 0 Å². The maximum atomic E-state index is 12.7. The fourth-order valence-corrected chi connectivity index (χ4v) is 4.14. The van der Waals surface area contributed by atoms with Crippen LogP contribution in [0.5, 0.6) is 0 Å². The number of hydrogen-bond donors (Lipinski definition) is 0. The first-order chi connectivity index (χ1) is 9.97. The second-order valence-corrected chi connectivity index (χ2v) is 7.81. The lowest BCUT2D eigenvalue weighted by Gasteiger charge is -2.32. The summed E-state index contributed by atoms with van der Waals surface area (Å²) < 4.78 is 24.8. The van der Waals surface area contributed by atoms with Crippen molar-refractivity contribution in [2.24, 2.45) is 5.92 Å². The topological polar surface area (TPSA) is 57.7 Å². The van der Waals surface area contributed by atoms with Gasteiger partial charge in [0.05, 0.1) is 12.2 Å². The van der Waals surface area contributed by atoms with Crippen molar-refractivity contribution >= 4 is 21.6 Å². The summed E-state index contributed by atoms with van der Waals surface area (Å²) in [7, 11) is -3.21. The largest absolute Gasteiger partial charge is 0.312 e. The molecule has 0 bridgehead atoms. The number of fused-ring (bicyclic) bond motifs is 1. The Hall–Kier alpha value is -1.40. The van der Waals surface area contributed by atoms with Crippen LogP contribution in [0.1, 0.15) is 18.4 Å². The Bertz CT molecular complexity index is 657. The van der Waals surface area contributed by atoms with E-state index in [2.05, 4.69) is 0 Å². The van der Waals surface area contributed by atoms with E-state index in [0.717, 1.165) is 24.9 Å². The molecule has 1 aromatic carbocycles. The first kappa shape index (κ1) is 14.5. The van der Waals surface area contributed by atoms with E-state index in [1.807, 2.05) is 29.2 Å². The van der Waals surface area contributed by atoms with Crippen molar-refractivity contribution in [3.05, 3.63) is 29.8 Å². The number of carbonyl (C=O) groups excluding carboxylic acids is 1. The zero-order chi connectivity index (χ0) is 15.0. The molecule has 0 N–H and O–H groups in total. The molecule has 21 heavy (non-hydrogen) atoms. The number of rotatable bonds is 2. The maximum absolute atomic E-state index is 12.7. The van der Waals surface area contributed by atoms with Gasteiger partial charge in [0.2, 0.25) is 15.9 Å². The van der Waals surface area contributed by atoms with Gasteiger partial charge in [-0.25, -0.2) is 12.7 Å². The molecule has 1 atom stereocenters. The molecule has 114 valence electrons. The molecular formula is C15H20N2O3S. The van der Waals surface area contributed by atoms with Crippen LogP contribution >= 0.6 is 0 Å². The van der Waals surface area contributed by atoms with E-state index in [4.69, 9.17) is 0 Å². The molecule has 1 unspecified atom stereocenters. The Balaban J connectivity index is 1.77. The molecule has 2 aliphatic heterocycles. The zero-order valence-electron chi connectivity index (χ0n) is 12.2. The molecule has 0 spiro atoms. The van der Waals surface area contributed by atoms with Crippen LogP contribution in [0.15, 0.2) is 24.3 Å². The summed E-state index contributed by atoms with van der Waals surface area (Å²) in [5.41, 5.74) is 2.18. The molecule has 2 heterocycles. The standard InChI is InChI=1S/C15H20N2O3S/c1-21(19,20)16-9-4-6-13(11-16)15(18)17-10-8-12-5-2-3-7-14(12)17/h2-3,5,7,13H,4,6,8-11H2,1H3. The number of benzene rings is 1. The summed E-state index contributed by atoms with van der Waals surface area (Å²) in [5.74, 6) is -0.159. The number of piperidine rings is 1. The Morgan fingerprint density at radius 2 is 2.00 bits per heavy atom. The van der Waals surface area contributed by atoms with Crippen LogP contribution in [-0.2, 0) is 21.2 Å². The average molecular weight is 308 g/mol. The molecular weight excluding hydrogens is 288 g/mol. The highest BCUT2D eigenvalue weighted by Gasteiger charge is 2.34. The average Bonchev–Trinajstić information content (AvgIpc) is 2.90. The number of hydrogen-bond acceptors (Lipinski definition) is 3. The van der Waals surface area contributed by atoms with Crippen LogP contribution < -0.4 is 4.90 Å². The lowest BCUT2D eigenvalue weighted by molar-refractivity contribution is -0.123. The molecule has 0 aromatic heterocycles. The fraction of sp³-hybridized carbons (Fsp3) is 0.533. The van der Waals surface area contributed by atoms with E-state index in [1.165, 1.54) is 16.1 Å².